The van der Waals surface area contributed by atoms with E-state index >= 15 is 0 Å². The van der Waals surface area contributed by atoms with Gasteiger partial charge in [-0.1, -0.05) is 27.8 Å². The lowest BCUT2D eigenvalue weighted by atomic mass is 10.2. The molecule has 0 heterocycles. The van der Waals surface area contributed by atoms with Crippen molar-refractivity contribution >= 4 is 15.9 Å². The lowest BCUT2D eigenvalue weighted by Gasteiger charge is -1.91. The Labute approximate surface area is 80.6 Å². The Hall–Kier alpha value is -0.780. The lowest BCUT2D eigenvalue weighted by Crippen LogP contribution is -1.92. The molecule has 1 aromatic rings. The van der Waals surface area contributed by atoms with Gasteiger partial charge in [0.1, 0.15) is 6.10 Å². The molecule has 1 nitrogen and oxygen atoms in total. The molecule has 12 heavy (non-hydrogen) atoms. The van der Waals surface area contributed by atoms with Crippen LogP contribution in [0.1, 0.15) is 12.5 Å². The molecule has 0 fully saturated rings. The number of aliphatic hydroxyl groups excluding tert-OH is 1. The van der Waals surface area contributed by atoms with Crippen LogP contribution in [0.4, 0.5) is 0 Å². The summed E-state index contributed by atoms with van der Waals surface area (Å²) in [6.45, 7) is 1.64. The molecule has 1 N–H and O–H groups in total. The summed E-state index contributed by atoms with van der Waals surface area (Å²) in [7, 11) is 0. The SMILES string of the molecule is CC(O)C#Cc1ccc(Br)cc1. The van der Waals surface area contributed by atoms with E-state index in [1.807, 2.05) is 24.3 Å². The Morgan fingerprint density at radius 2 is 1.92 bits per heavy atom. The molecule has 1 atom stereocenters. The van der Waals surface area contributed by atoms with E-state index in [0.717, 1.165) is 10.0 Å². The van der Waals surface area contributed by atoms with Gasteiger partial charge in [-0.25, -0.2) is 0 Å². The summed E-state index contributed by atoms with van der Waals surface area (Å²) in [5, 5.41) is 8.89. The summed E-state index contributed by atoms with van der Waals surface area (Å²) in [5.41, 5.74) is 0.916. The lowest BCUT2D eigenvalue weighted by molar-refractivity contribution is 0.253. The van der Waals surface area contributed by atoms with Crippen LogP contribution in [0.25, 0.3) is 0 Å². The smallest absolute Gasteiger partial charge is 0.112 e. The van der Waals surface area contributed by atoms with Gasteiger partial charge < -0.3 is 5.11 Å². The van der Waals surface area contributed by atoms with Crippen molar-refractivity contribution in [3.8, 4) is 11.8 Å². The minimum Gasteiger partial charge on any atom is -0.381 e. The predicted octanol–water partition coefficient (Wildman–Crippen LogP) is 2.18. The van der Waals surface area contributed by atoms with E-state index in [1.54, 1.807) is 6.92 Å². The molecule has 1 aromatic carbocycles. The first kappa shape index (κ1) is 9.31. The number of aliphatic hydroxyl groups is 1. The predicted molar refractivity (Wildman–Crippen MR) is 52.7 cm³/mol. The van der Waals surface area contributed by atoms with E-state index in [2.05, 4.69) is 27.8 Å². The first-order valence-corrected chi connectivity index (χ1v) is 4.43. The molecule has 2 heteroatoms. The number of benzene rings is 1. The molecule has 0 amide bonds. The van der Waals surface area contributed by atoms with Gasteiger partial charge in [-0.3, -0.25) is 0 Å². The van der Waals surface area contributed by atoms with Gasteiger partial charge in [0.25, 0.3) is 0 Å². The summed E-state index contributed by atoms with van der Waals surface area (Å²) in [4.78, 5) is 0. The molecular formula is C10H9BrO. The summed E-state index contributed by atoms with van der Waals surface area (Å²) in [5.74, 6) is 5.52. The average molecular weight is 225 g/mol. The largest absolute Gasteiger partial charge is 0.381 e. The quantitative estimate of drug-likeness (QED) is 0.671. The van der Waals surface area contributed by atoms with Gasteiger partial charge in [-0.2, -0.15) is 0 Å². The van der Waals surface area contributed by atoms with Gasteiger partial charge in [0.2, 0.25) is 0 Å². The van der Waals surface area contributed by atoms with E-state index in [0.29, 0.717) is 0 Å². The first-order valence-electron chi connectivity index (χ1n) is 3.63. The van der Waals surface area contributed by atoms with Crippen molar-refractivity contribution in [2.24, 2.45) is 0 Å². The second kappa shape index (κ2) is 4.30. The van der Waals surface area contributed by atoms with Crippen molar-refractivity contribution in [3.05, 3.63) is 34.3 Å². The summed E-state index contributed by atoms with van der Waals surface area (Å²) in [6, 6.07) is 7.65. The van der Waals surface area contributed by atoms with Crippen LogP contribution in [0.2, 0.25) is 0 Å². The summed E-state index contributed by atoms with van der Waals surface area (Å²) < 4.78 is 1.03. The Morgan fingerprint density at radius 3 is 2.42 bits per heavy atom. The van der Waals surface area contributed by atoms with Crippen molar-refractivity contribution in [3.63, 3.8) is 0 Å². The van der Waals surface area contributed by atoms with E-state index in [9.17, 15) is 0 Å². The highest BCUT2D eigenvalue weighted by atomic mass is 79.9. The second-order valence-corrected chi connectivity index (χ2v) is 3.37. The van der Waals surface area contributed by atoms with Crippen LogP contribution < -0.4 is 0 Å². The monoisotopic (exact) mass is 224 g/mol. The molecule has 0 saturated heterocycles. The maximum atomic E-state index is 8.89. The van der Waals surface area contributed by atoms with Crippen LogP contribution >= 0.6 is 15.9 Å². The standard InChI is InChI=1S/C10H9BrO/c1-8(12)2-3-9-4-6-10(11)7-5-9/h4-8,12H,1H3. The van der Waals surface area contributed by atoms with E-state index in [1.165, 1.54) is 0 Å². The highest BCUT2D eigenvalue weighted by Crippen LogP contribution is 2.09. The van der Waals surface area contributed by atoms with Gasteiger partial charge >= 0.3 is 0 Å². The van der Waals surface area contributed by atoms with Crippen molar-refractivity contribution in [1.82, 2.24) is 0 Å². The van der Waals surface area contributed by atoms with Crippen molar-refractivity contribution in [2.75, 3.05) is 0 Å². The van der Waals surface area contributed by atoms with Crippen LogP contribution in [-0.4, -0.2) is 11.2 Å². The third-order valence-electron chi connectivity index (χ3n) is 1.27. The third kappa shape index (κ3) is 3.08. The molecule has 1 rings (SSSR count). The van der Waals surface area contributed by atoms with Crippen LogP contribution in [0.3, 0.4) is 0 Å². The number of hydrogen-bond acceptors (Lipinski definition) is 1. The van der Waals surface area contributed by atoms with Gasteiger partial charge in [0.15, 0.2) is 0 Å². The molecule has 0 spiro atoms. The van der Waals surface area contributed by atoms with Crippen molar-refractivity contribution in [1.29, 1.82) is 0 Å². The normalized spacial score (nSPS) is 11.6. The van der Waals surface area contributed by atoms with Gasteiger partial charge in [-0.15, -0.1) is 0 Å². The molecule has 62 valence electrons. The Kier molecular flexibility index (Phi) is 3.33. The molecule has 0 aliphatic rings. The maximum absolute atomic E-state index is 8.89. The van der Waals surface area contributed by atoms with E-state index in [-0.39, 0.29) is 0 Å². The Bertz CT molecular complexity index is 303. The van der Waals surface area contributed by atoms with E-state index in [4.69, 9.17) is 5.11 Å². The van der Waals surface area contributed by atoms with Gasteiger partial charge in [-0.05, 0) is 31.2 Å². The van der Waals surface area contributed by atoms with Crippen LogP contribution in [-0.2, 0) is 0 Å². The van der Waals surface area contributed by atoms with E-state index < -0.39 is 6.10 Å². The Balaban J connectivity index is 2.79. The zero-order chi connectivity index (χ0) is 8.97. The molecular weight excluding hydrogens is 216 g/mol. The number of halogens is 1. The highest BCUT2D eigenvalue weighted by Gasteiger charge is 1.87. The number of hydrogen-bond donors (Lipinski definition) is 1. The molecule has 0 aromatic heterocycles. The van der Waals surface area contributed by atoms with Crippen LogP contribution in [0, 0.1) is 11.8 Å². The van der Waals surface area contributed by atoms with Crippen LogP contribution in [0.15, 0.2) is 28.7 Å². The molecule has 0 radical (unpaired) electrons. The summed E-state index contributed by atoms with van der Waals surface area (Å²) >= 11 is 3.33. The molecule has 0 saturated carbocycles. The zero-order valence-electron chi connectivity index (χ0n) is 6.71. The Morgan fingerprint density at radius 1 is 1.33 bits per heavy atom. The minimum absolute atomic E-state index is 0.561. The second-order valence-electron chi connectivity index (χ2n) is 2.45. The minimum atomic E-state index is -0.561. The zero-order valence-corrected chi connectivity index (χ0v) is 8.30. The maximum Gasteiger partial charge on any atom is 0.112 e. The molecule has 0 aliphatic carbocycles. The third-order valence-corrected chi connectivity index (χ3v) is 1.80. The highest BCUT2D eigenvalue weighted by molar-refractivity contribution is 9.10. The molecule has 0 bridgehead atoms. The summed E-state index contributed by atoms with van der Waals surface area (Å²) in [6.07, 6.45) is -0.561. The molecule has 1 unspecified atom stereocenters. The fraction of sp³-hybridized carbons (Fsp3) is 0.200. The molecule has 0 aliphatic heterocycles. The van der Waals surface area contributed by atoms with Crippen LogP contribution in [0.5, 0.6) is 0 Å². The van der Waals surface area contributed by atoms with Crippen molar-refractivity contribution in [2.45, 2.75) is 13.0 Å². The van der Waals surface area contributed by atoms with Gasteiger partial charge in [0, 0.05) is 10.0 Å². The fourth-order valence-electron chi connectivity index (χ4n) is 0.721. The van der Waals surface area contributed by atoms with Gasteiger partial charge in [0.05, 0.1) is 0 Å². The number of rotatable bonds is 0. The fourth-order valence-corrected chi connectivity index (χ4v) is 0.985. The first-order chi connectivity index (χ1) is 5.68. The average Bonchev–Trinajstić information content (AvgIpc) is 2.03. The topological polar surface area (TPSA) is 20.2 Å². The van der Waals surface area contributed by atoms with Crippen molar-refractivity contribution < 1.29 is 5.11 Å².